The van der Waals surface area contributed by atoms with Crippen LogP contribution < -0.4 is 15.5 Å². The zero-order valence-electron chi connectivity index (χ0n) is 12.4. The maximum atomic E-state index is 11.8. The van der Waals surface area contributed by atoms with Gasteiger partial charge >= 0.3 is 0 Å². The highest BCUT2D eigenvalue weighted by Crippen LogP contribution is 2.29. The number of amides is 1. The van der Waals surface area contributed by atoms with Crippen molar-refractivity contribution in [3.63, 3.8) is 0 Å². The predicted octanol–water partition coefficient (Wildman–Crippen LogP) is 3.15. The molecule has 2 aromatic carbocycles. The summed E-state index contributed by atoms with van der Waals surface area (Å²) in [7, 11) is 5.88. The van der Waals surface area contributed by atoms with Crippen molar-refractivity contribution in [3.05, 3.63) is 62.1 Å². The molecule has 118 valence electrons. The van der Waals surface area contributed by atoms with E-state index in [1.165, 1.54) is 11.8 Å². The second-order valence-corrected chi connectivity index (χ2v) is 7.91. The van der Waals surface area contributed by atoms with Crippen molar-refractivity contribution in [1.82, 2.24) is 5.32 Å². The van der Waals surface area contributed by atoms with Crippen LogP contribution in [0.3, 0.4) is 0 Å². The van der Waals surface area contributed by atoms with E-state index in [9.17, 15) is 4.79 Å². The lowest BCUT2D eigenvalue weighted by Crippen LogP contribution is -2.17. The summed E-state index contributed by atoms with van der Waals surface area (Å²) in [5.41, 5.74) is 2.46. The minimum absolute atomic E-state index is 0.198. The first-order valence-electron chi connectivity index (χ1n) is 7.03. The molecule has 0 aliphatic carbocycles. The Morgan fingerprint density at radius 2 is 2.08 bits per heavy atom. The van der Waals surface area contributed by atoms with E-state index < -0.39 is 0 Å². The Bertz CT molecular complexity index is 854. The number of ether oxygens (including phenoxy) is 1. The Labute approximate surface area is 164 Å². The first kappa shape index (κ1) is 17.5. The van der Waals surface area contributed by atoms with E-state index in [1.807, 2.05) is 30.3 Å². The van der Waals surface area contributed by atoms with Gasteiger partial charge in [0, 0.05) is 14.7 Å². The standard InChI is InChI=1S/C17H11BINO2S2/c18-12-5-6-14(22-9-10-3-1-2-4-13(10)19)11(7-12)8-15-16(21)20-17(23)24-15/h1-8H,9H2,(H,20,21,23)/b15-8-. The van der Waals surface area contributed by atoms with Gasteiger partial charge in [-0.3, -0.25) is 4.79 Å². The average molecular weight is 463 g/mol. The quantitative estimate of drug-likeness (QED) is 0.328. The maximum absolute atomic E-state index is 11.8. The van der Waals surface area contributed by atoms with Crippen molar-refractivity contribution in [3.8, 4) is 5.75 Å². The topological polar surface area (TPSA) is 38.3 Å². The molecule has 0 unspecified atom stereocenters. The molecule has 1 fully saturated rings. The Kier molecular flexibility index (Phi) is 5.63. The summed E-state index contributed by atoms with van der Waals surface area (Å²) < 4.78 is 7.55. The van der Waals surface area contributed by atoms with E-state index in [-0.39, 0.29) is 5.91 Å². The predicted molar refractivity (Wildman–Crippen MR) is 112 cm³/mol. The molecule has 1 heterocycles. The van der Waals surface area contributed by atoms with E-state index >= 15 is 0 Å². The Morgan fingerprint density at radius 1 is 1.29 bits per heavy atom. The van der Waals surface area contributed by atoms with Gasteiger partial charge < -0.3 is 10.1 Å². The number of carbonyl (C=O) groups excluding carboxylic acids is 1. The summed E-state index contributed by atoms with van der Waals surface area (Å²) in [5, 5.41) is 2.60. The van der Waals surface area contributed by atoms with Crippen molar-refractivity contribution in [1.29, 1.82) is 0 Å². The molecular formula is C17H11BINO2S2. The van der Waals surface area contributed by atoms with Crippen LogP contribution in [0.25, 0.3) is 6.08 Å². The first-order valence-corrected chi connectivity index (χ1v) is 9.34. The molecule has 0 atom stereocenters. The van der Waals surface area contributed by atoms with Crippen molar-refractivity contribution >= 4 is 76.2 Å². The van der Waals surface area contributed by atoms with Crippen molar-refractivity contribution in [2.45, 2.75) is 6.61 Å². The summed E-state index contributed by atoms with van der Waals surface area (Å²) in [6, 6.07) is 13.4. The second-order valence-electron chi connectivity index (χ2n) is 5.03. The molecule has 0 saturated carbocycles. The fraction of sp³-hybridized carbons (Fsp3) is 0.0588. The number of thiocarbonyl (C=S) groups is 1. The van der Waals surface area contributed by atoms with Gasteiger partial charge in [0.05, 0.1) is 4.91 Å². The number of nitrogens with one attached hydrogen (secondary N) is 1. The highest BCUT2D eigenvalue weighted by Gasteiger charge is 2.22. The number of carbonyl (C=O) groups is 1. The van der Waals surface area contributed by atoms with Crippen LogP contribution in [0.1, 0.15) is 11.1 Å². The van der Waals surface area contributed by atoms with Gasteiger partial charge in [0.2, 0.25) is 0 Å². The van der Waals surface area contributed by atoms with Gasteiger partial charge in [0.1, 0.15) is 24.5 Å². The molecular weight excluding hydrogens is 452 g/mol. The molecule has 7 heteroatoms. The molecule has 1 amide bonds. The lowest BCUT2D eigenvalue weighted by molar-refractivity contribution is -0.115. The van der Waals surface area contributed by atoms with Crippen LogP contribution in [0.4, 0.5) is 0 Å². The molecule has 1 saturated heterocycles. The molecule has 3 nitrogen and oxygen atoms in total. The first-order chi connectivity index (χ1) is 11.5. The molecule has 1 aliphatic heterocycles. The minimum Gasteiger partial charge on any atom is -0.488 e. The third kappa shape index (κ3) is 4.20. The number of thioether (sulfide) groups is 1. The highest BCUT2D eigenvalue weighted by molar-refractivity contribution is 14.1. The normalized spacial score (nSPS) is 15.6. The third-order valence-electron chi connectivity index (χ3n) is 3.30. The Hall–Kier alpha value is -1.32. The van der Waals surface area contributed by atoms with Crippen LogP contribution in [0, 0.1) is 3.57 Å². The molecule has 0 spiro atoms. The van der Waals surface area contributed by atoms with Gasteiger partial charge in [0.15, 0.2) is 0 Å². The average Bonchev–Trinajstić information content (AvgIpc) is 2.85. The summed E-state index contributed by atoms with van der Waals surface area (Å²) in [6.45, 7) is 0.441. The van der Waals surface area contributed by atoms with Gasteiger partial charge in [-0.25, -0.2) is 0 Å². The van der Waals surface area contributed by atoms with Crippen molar-refractivity contribution < 1.29 is 9.53 Å². The van der Waals surface area contributed by atoms with Gasteiger partial charge in [0.25, 0.3) is 5.91 Å². The zero-order valence-corrected chi connectivity index (χ0v) is 16.2. The number of hydrogen-bond acceptors (Lipinski definition) is 4. The SMILES string of the molecule is [B]c1ccc(OCc2ccccc2I)c(/C=C2\SC(=S)NC2=O)c1. The van der Waals surface area contributed by atoms with Crippen LogP contribution in [0.5, 0.6) is 5.75 Å². The van der Waals surface area contributed by atoms with Crippen LogP contribution in [0.2, 0.25) is 0 Å². The summed E-state index contributed by atoms with van der Waals surface area (Å²) in [4.78, 5) is 12.4. The largest absolute Gasteiger partial charge is 0.488 e. The number of halogens is 1. The van der Waals surface area contributed by atoms with E-state index in [1.54, 1.807) is 18.2 Å². The van der Waals surface area contributed by atoms with Crippen LogP contribution in [-0.4, -0.2) is 18.1 Å². The Morgan fingerprint density at radius 3 is 2.79 bits per heavy atom. The van der Waals surface area contributed by atoms with Crippen LogP contribution in [-0.2, 0) is 11.4 Å². The molecule has 3 rings (SSSR count). The number of hydrogen-bond donors (Lipinski definition) is 1. The van der Waals surface area contributed by atoms with Crippen LogP contribution >= 0.6 is 46.6 Å². The Balaban J connectivity index is 1.86. The summed E-state index contributed by atoms with van der Waals surface area (Å²) in [5.74, 6) is 0.471. The van der Waals surface area contributed by atoms with Gasteiger partial charge in [-0.2, -0.15) is 0 Å². The van der Waals surface area contributed by atoms with Gasteiger partial charge in [-0.1, -0.05) is 59.8 Å². The van der Waals surface area contributed by atoms with E-state index in [0.717, 1.165) is 14.7 Å². The summed E-state index contributed by atoms with van der Waals surface area (Å²) in [6.07, 6.45) is 1.75. The lowest BCUT2D eigenvalue weighted by Gasteiger charge is -2.12. The number of benzene rings is 2. The molecule has 24 heavy (non-hydrogen) atoms. The molecule has 0 bridgehead atoms. The molecule has 1 N–H and O–H groups in total. The maximum Gasteiger partial charge on any atom is 0.263 e. The molecule has 2 radical (unpaired) electrons. The summed E-state index contributed by atoms with van der Waals surface area (Å²) >= 11 is 8.52. The van der Waals surface area contributed by atoms with Crippen LogP contribution in [0.15, 0.2) is 47.4 Å². The highest BCUT2D eigenvalue weighted by atomic mass is 127. The van der Waals surface area contributed by atoms with E-state index in [0.29, 0.717) is 27.0 Å². The second kappa shape index (κ2) is 7.71. The zero-order chi connectivity index (χ0) is 17.1. The molecule has 1 aliphatic rings. The molecule has 2 aromatic rings. The van der Waals surface area contributed by atoms with E-state index in [4.69, 9.17) is 24.8 Å². The molecule has 0 aromatic heterocycles. The third-order valence-corrected chi connectivity index (χ3v) is 5.52. The fourth-order valence-electron chi connectivity index (χ4n) is 2.14. The smallest absolute Gasteiger partial charge is 0.263 e. The van der Waals surface area contributed by atoms with Gasteiger partial charge in [-0.05, 0) is 40.8 Å². The minimum atomic E-state index is -0.198. The van der Waals surface area contributed by atoms with E-state index in [2.05, 4.69) is 27.9 Å². The lowest BCUT2D eigenvalue weighted by atomic mass is 9.94. The van der Waals surface area contributed by atoms with Gasteiger partial charge in [-0.15, -0.1) is 0 Å². The fourth-order valence-corrected chi connectivity index (χ4v) is 3.72. The van der Waals surface area contributed by atoms with Crippen molar-refractivity contribution in [2.24, 2.45) is 0 Å². The number of rotatable bonds is 4. The monoisotopic (exact) mass is 463 g/mol. The van der Waals surface area contributed by atoms with Crippen molar-refractivity contribution in [2.75, 3.05) is 0 Å².